The molecule has 3 heterocycles. The van der Waals surface area contributed by atoms with Gasteiger partial charge >= 0.3 is 5.69 Å². The lowest BCUT2D eigenvalue weighted by atomic mass is 9.97. The van der Waals surface area contributed by atoms with Gasteiger partial charge in [0.25, 0.3) is 0 Å². The molecule has 27 heavy (non-hydrogen) atoms. The van der Waals surface area contributed by atoms with E-state index in [0.717, 1.165) is 34.2 Å². The zero-order valence-corrected chi connectivity index (χ0v) is 16.1. The van der Waals surface area contributed by atoms with Crippen LogP contribution in [0.2, 0.25) is 0 Å². The van der Waals surface area contributed by atoms with Crippen molar-refractivity contribution in [1.82, 2.24) is 19.2 Å². The molecule has 0 unspecified atom stereocenters. The Morgan fingerprint density at radius 2 is 2.00 bits per heavy atom. The summed E-state index contributed by atoms with van der Waals surface area (Å²) in [6, 6.07) is 9.83. The molecule has 1 aliphatic rings. The van der Waals surface area contributed by atoms with Gasteiger partial charge in [0.15, 0.2) is 11.5 Å². The molecule has 1 aliphatic carbocycles. The fourth-order valence-corrected chi connectivity index (χ4v) is 5.28. The summed E-state index contributed by atoms with van der Waals surface area (Å²) >= 11 is 1.74. The first-order chi connectivity index (χ1) is 13.1. The third kappa shape index (κ3) is 2.55. The number of benzene rings is 1. The Morgan fingerprint density at radius 1 is 1.22 bits per heavy atom. The lowest BCUT2D eigenvalue weighted by molar-refractivity contribution is 0.697. The highest BCUT2D eigenvalue weighted by atomic mass is 32.1. The molecule has 0 fully saturated rings. The van der Waals surface area contributed by atoms with Gasteiger partial charge < -0.3 is 0 Å². The Kier molecular flexibility index (Phi) is 3.75. The number of hydrogen-bond donors (Lipinski definition) is 0. The van der Waals surface area contributed by atoms with Crippen LogP contribution < -0.4 is 5.69 Å². The molecule has 0 radical (unpaired) electrons. The van der Waals surface area contributed by atoms with Gasteiger partial charge in [-0.1, -0.05) is 42.5 Å². The molecule has 0 spiro atoms. The highest BCUT2D eigenvalue weighted by Gasteiger charge is 2.24. The standard InChI is InChI=1S/C21H20N4OS/c1-13(2)12-24-20-17(15-10-6-7-11-16(15)27-20)19-22-18(23-25(19)21(24)26)14-8-4-3-5-9-14/h3-5,8-9H,1,6-7,10-12H2,2H3. The molecule has 0 atom stereocenters. The molecule has 6 heteroatoms. The van der Waals surface area contributed by atoms with Crippen molar-refractivity contribution in [2.24, 2.45) is 0 Å². The van der Waals surface area contributed by atoms with E-state index in [1.165, 1.54) is 27.8 Å². The first-order valence-electron chi connectivity index (χ1n) is 9.27. The van der Waals surface area contributed by atoms with E-state index in [1.807, 2.05) is 41.8 Å². The number of thiophene rings is 1. The first kappa shape index (κ1) is 16.4. The molecule has 0 amide bonds. The van der Waals surface area contributed by atoms with Crippen LogP contribution in [-0.4, -0.2) is 19.2 Å². The minimum Gasteiger partial charge on any atom is -0.279 e. The number of hydrogen-bond acceptors (Lipinski definition) is 4. The average Bonchev–Trinajstić information content (AvgIpc) is 3.27. The van der Waals surface area contributed by atoms with Crippen molar-refractivity contribution in [2.45, 2.75) is 39.2 Å². The van der Waals surface area contributed by atoms with Gasteiger partial charge in [0.05, 0.1) is 5.39 Å². The molecule has 3 aromatic heterocycles. The third-order valence-electron chi connectivity index (χ3n) is 5.10. The second-order valence-corrected chi connectivity index (χ2v) is 8.34. The molecule has 0 bridgehead atoms. The second kappa shape index (κ2) is 6.16. The number of allylic oxidation sites excluding steroid dienone is 1. The lowest BCUT2D eigenvalue weighted by Gasteiger charge is -2.11. The van der Waals surface area contributed by atoms with Crippen molar-refractivity contribution in [3.63, 3.8) is 0 Å². The van der Waals surface area contributed by atoms with Crippen LogP contribution in [0, 0.1) is 0 Å². The topological polar surface area (TPSA) is 52.2 Å². The fraction of sp³-hybridized carbons (Fsp3) is 0.286. The van der Waals surface area contributed by atoms with Gasteiger partial charge in [-0.2, -0.15) is 4.52 Å². The Bertz CT molecular complexity index is 1250. The summed E-state index contributed by atoms with van der Waals surface area (Å²) in [6.45, 7) is 6.47. The monoisotopic (exact) mass is 376 g/mol. The van der Waals surface area contributed by atoms with Crippen LogP contribution in [0.15, 0.2) is 47.3 Å². The first-order valence-corrected chi connectivity index (χ1v) is 10.1. The minimum absolute atomic E-state index is 0.145. The highest BCUT2D eigenvalue weighted by Crippen LogP contribution is 2.38. The van der Waals surface area contributed by atoms with Crippen LogP contribution in [0.25, 0.3) is 27.3 Å². The van der Waals surface area contributed by atoms with Gasteiger partial charge in [0.2, 0.25) is 0 Å². The molecule has 0 aliphatic heterocycles. The molecule has 5 rings (SSSR count). The van der Waals surface area contributed by atoms with Crippen LogP contribution in [-0.2, 0) is 19.4 Å². The highest BCUT2D eigenvalue weighted by molar-refractivity contribution is 7.19. The van der Waals surface area contributed by atoms with E-state index >= 15 is 0 Å². The van der Waals surface area contributed by atoms with E-state index in [4.69, 9.17) is 4.98 Å². The van der Waals surface area contributed by atoms with E-state index in [0.29, 0.717) is 18.0 Å². The molecule has 0 saturated carbocycles. The van der Waals surface area contributed by atoms with Gasteiger partial charge in [-0.05, 0) is 38.2 Å². The lowest BCUT2D eigenvalue weighted by Crippen LogP contribution is -2.27. The summed E-state index contributed by atoms with van der Waals surface area (Å²) in [5, 5.41) is 5.68. The largest absolute Gasteiger partial charge is 0.352 e. The molecule has 1 aromatic carbocycles. The Balaban J connectivity index is 1.89. The van der Waals surface area contributed by atoms with Crippen LogP contribution in [0.3, 0.4) is 0 Å². The van der Waals surface area contributed by atoms with Crippen LogP contribution >= 0.6 is 11.3 Å². The SMILES string of the molecule is C=C(C)Cn1c(=O)n2nc(-c3ccccc3)nc2c2c3c(sc21)CCCC3. The van der Waals surface area contributed by atoms with Crippen molar-refractivity contribution in [3.8, 4) is 11.4 Å². The van der Waals surface area contributed by atoms with Crippen LogP contribution in [0.5, 0.6) is 0 Å². The zero-order chi connectivity index (χ0) is 18.5. The van der Waals surface area contributed by atoms with Crippen molar-refractivity contribution in [3.05, 3.63) is 63.4 Å². The average molecular weight is 376 g/mol. The van der Waals surface area contributed by atoms with Crippen molar-refractivity contribution in [1.29, 1.82) is 0 Å². The Hall–Kier alpha value is -2.73. The molecule has 0 saturated heterocycles. The molecule has 0 N–H and O–H groups in total. The molecule has 136 valence electrons. The summed E-state index contributed by atoms with van der Waals surface area (Å²) in [4.78, 5) is 20.4. The van der Waals surface area contributed by atoms with Gasteiger partial charge in [0, 0.05) is 17.0 Å². The molecular weight excluding hydrogens is 356 g/mol. The normalized spacial score (nSPS) is 14.0. The zero-order valence-electron chi connectivity index (χ0n) is 15.2. The predicted octanol–water partition coefficient (Wildman–Crippen LogP) is 4.23. The van der Waals surface area contributed by atoms with Gasteiger partial charge in [-0.25, -0.2) is 9.78 Å². The summed E-state index contributed by atoms with van der Waals surface area (Å²) < 4.78 is 3.30. The van der Waals surface area contributed by atoms with Crippen molar-refractivity contribution >= 4 is 27.2 Å². The number of rotatable bonds is 3. The maximum absolute atomic E-state index is 13.2. The summed E-state index contributed by atoms with van der Waals surface area (Å²) in [5.74, 6) is 0.595. The van der Waals surface area contributed by atoms with E-state index in [9.17, 15) is 4.79 Å². The molecule has 4 aromatic rings. The van der Waals surface area contributed by atoms with Gasteiger partial charge in [0.1, 0.15) is 4.83 Å². The quantitative estimate of drug-likeness (QED) is 0.503. The number of aromatic nitrogens is 4. The molecule has 5 nitrogen and oxygen atoms in total. The summed E-state index contributed by atoms with van der Waals surface area (Å²) in [7, 11) is 0. The second-order valence-electron chi connectivity index (χ2n) is 7.25. The molecular formula is C21H20N4OS. The Morgan fingerprint density at radius 3 is 2.78 bits per heavy atom. The van der Waals surface area contributed by atoms with Gasteiger partial charge in [-0.15, -0.1) is 16.4 Å². The maximum Gasteiger partial charge on any atom is 0.352 e. The number of fused-ring (bicyclic) bond motifs is 5. The van der Waals surface area contributed by atoms with Crippen LogP contribution in [0.4, 0.5) is 0 Å². The fourth-order valence-electron chi connectivity index (χ4n) is 3.90. The van der Waals surface area contributed by atoms with Crippen molar-refractivity contribution in [2.75, 3.05) is 0 Å². The summed E-state index contributed by atoms with van der Waals surface area (Å²) in [5.41, 5.74) is 3.77. The van der Waals surface area contributed by atoms with E-state index < -0.39 is 0 Å². The Labute approximate surface area is 160 Å². The predicted molar refractivity (Wildman–Crippen MR) is 110 cm³/mol. The summed E-state index contributed by atoms with van der Waals surface area (Å²) in [6.07, 6.45) is 4.53. The van der Waals surface area contributed by atoms with E-state index in [-0.39, 0.29) is 5.69 Å². The van der Waals surface area contributed by atoms with E-state index in [1.54, 1.807) is 11.3 Å². The maximum atomic E-state index is 13.2. The third-order valence-corrected chi connectivity index (χ3v) is 6.42. The smallest absolute Gasteiger partial charge is 0.279 e. The minimum atomic E-state index is -0.145. The van der Waals surface area contributed by atoms with E-state index in [2.05, 4.69) is 11.7 Å². The van der Waals surface area contributed by atoms with Crippen molar-refractivity contribution < 1.29 is 0 Å². The van der Waals surface area contributed by atoms with Crippen LogP contribution in [0.1, 0.15) is 30.2 Å². The number of aryl methyl sites for hydroxylation is 2. The van der Waals surface area contributed by atoms with Gasteiger partial charge in [-0.3, -0.25) is 4.57 Å². The number of nitrogens with zero attached hydrogens (tertiary/aromatic N) is 4.